The minimum absolute atomic E-state index is 0.170. The zero-order valence-electron chi connectivity index (χ0n) is 6.61. The molecule has 0 aromatic carbocycles. The summed E-state index contributed by atoms with van der Waals surface area (Å²) in [7, 11) is 0. The molecule has 0 saturated carbocycles. The molecule has 2 rings (SSSR count). The van der Waals surface area contributed by atoms with Crippen molar-refractivity contribution in [2.75, 3.05) is 0 Å². The Hall–Kier alpha value is -0.570. The lowest BCUT2D eigenvalue weighted by atomic mass is 10.2. The number of hydrogen-bond donors (Lipinski definition) is 0. The molecule has 0 amide bonds. The molecule has 0 fully saturated rings. The molecule has 0 aliphatic carbocycles. The van der Waals surface area contributed by atoms with Gasteiger partial charge in [0.25, 0.3) is 0 Å². The predicted octanol–water partition coefficient (Wildman–Crippen LogP) is 1.88. The molecule has 0 saturated heterocycles. The molecule has 11 heavy (non-hydrogen) atoms. The summed E-state index contributed by atoms with van der Waals surface area (Å²) in [4.78, 5) is 8.70. The molecule has 0 radical (unpaired) electrons. The van der Waals surface area contributed by atoms with Gasteiger partial charge in [0, 0.05) is 6.21 Å². The summed E-state index contributed by atoms with van der Waals surface area (Å²) in [5, 5.41) is 1.63. The molecule has 2 aliphatic heterocycles. The van der Waals surface area contributed by atoms with Crippen LogP contribution < -0.4 is 0 Å². The van der Waals surface area contributed by atoms with Gasteiger partial charge in [0.2, 0.25) is 0 Å². The Morgan fingerprint density at radius 3 is 3.09 bits per heavy atom. The molecule has 0 spiro atoms. The average molecular weight is 166 g/mol. The van der Waals surface area contributed by atoms with E-state index in [-0.39, 0.29) is 6.17 Å². The molecule has 2 nitrogen and oxygen atoms in total. The standard InChI is InChI=1S/C8H10N2S/c1-5-3-7-8(9-4-5)10-6(2)11-7/h3-4,7-8H,1-2H3. The Bertz CT molecular complexity index is 265. The van der Waals surface area contributed by atoms with Gasteiger partial charge in [-0.05, 0) is 19.4 Å². The number of thioether (sulfide) groups is 1. The minimum atomic E-state index is 0.170. The number of rotatable bonds is 0. The van der Waals surface area contributed by atoms with E-state index in [1.807, 2.05) is 24.9 Å². The molecule has 58 valence electrons. The van der Waals surface area contributed by atoms with Gasteiger partial charge in [-0.1, -0.05) is 17.8 Å². The molecule has 2 atom stereocenters. The summed E-state index contributed by atoms with van der Waals surface area (Å²) in [6.45, 7) is 4.12. The van der Waals surface area contributed by atoms with Crippen molar-refractivity contribution in [3.63, 3.8) is 0 Å². The maximum absolute atomic E-state index is 4.38. The second kappa shape index (κ2) is 2.48. The molecule has 0 aromatic heterocycles. The fourth-order valence-electron chi connectivity index (χ4n) is 1.28. The van der Waals surface area contributed by atoms with E-state index in [9.17, 15) is 0 Å². The van der Waals surface area contributed by atoms with Crippen molar-refractivity contribution in [1.29, 1.82) is 0 Å². The van der Waals surface area contributed by atoms with Gasteiger partial charge < -0.3 is 0 Å². The van der Waals surface area contributed by atoms with E-state index in [1.54, 1.807) is 0 Å². The first-order valence-corrected chi connectivity index (χ1v) is 4.56. The van der Waals surface area contributed by atoms with E-state index in [0.29, 0.717) is 5.25 Å². The van der Waals surface area contributed by atoms with Crippen LogP contribution in [-0.4, -0.2) is 22.7 Å². The summed E-state index contributed by atoms with van der Waals surface area (Å²) in [6, 6.07) is 0. The smallest absolute Gasteiger partial charge is 0.156 e. The van der Waals surface area contributed by atoms with Crippen molar-refractivity contribution in [2.45, 2.75) is 25.3 Å². The third kappa shape index (κ3) is 1.25. The van der Waals surface area contributed by atoms with Crippen LogP contribution in [0.25, 0.3) is 0 Å². The normalized spacial score (nSPS) is 34.7. The molecule has 2 heterocycles. The van der Waals surface area contributed by atoms with Crippen LogP contribution in [0.1, 0.15) is 13.8 Å². The van der Waals surface area contributed by atoms with E-state index in [4.69, 9.17) is 0 Å². The van der Waals surface area contributed by atoms with Gasteiger partial charge in [0.05, 0.1) is 10.3 Å². The van der Waals surface area contributed by atoms with Crippen molar-refractivity contribution in [2.24, 2.45) is 9.98 Å². The maximum Gasteiger partial charge on any atom is 0.156 e. The quantitative estimate of drug-likeness (QED) is 0.539. The van der Waals surface area contributed by atoms with E-state index >= 15 is 0 Å². The lowest BCUT2D eigenvalue weighted by Gasteiger charge is -2.13. The number of nitrogens with zero attached hydrogens (tertiary/aromatic N) is 2. The molecule has 3 heteroatoms. The van der Waals surface area contributed by atoms with Gasteiger partial charge in [0.1, 0.15) is 0 Å². The molecule has 2 aliphatic rings. The third-order valence-corrected chi connectivity index (χ3v) is 2.87. The second-order valence-electron chi connectivity index (χ2n) is 2.83. The highest BCUT2D eigenvalue weighted by molar-refractivity contribution is 8.14. The van der Waals surface area contributed by atoms with Crippen LogP contribution in [0, 0.1) is 0 Å². The molecule has 0 N–H and O–H groups in total. The van der Waals surface area contributed by atoms with Crippen molar-refractivity contribution < 1.29 is 0 Å². The van der Waals surface area contributed by atoms with Gasteiger partial charge in [-0.3, -0.25) is 9.98 Å². The zero-order chi connectivity index (χ0) is 7.84. The Labute approximate surface area is 70.5 Å². The lowest BCUT2D eigenvalue weighted by Crippen LogP contribution is -2.16. The Balaban J connectivity index is 2.25. The predicted molar refractivity (Wildman–Crippen MR) is 50.5 cm³/mol. The first-order valence-electron chi connectivity index (χ1n) is 3.68. The Morgan fingerprint density at radius 2 is 2.27 bits per heavy atom. The highest BCUT2D eigenvalue weighted by Crippen LogP contribution is 2.30. The van der Waals surface area contributed by atoms with Gasteiger partial charge in [-0.25, -0.2) is 0 Å². The van der Waals surface area contributed by atoms with Crippen molar-refractivity contribution in [1.82, 2.24) is 0 Å². The van der Waals surface area contributed by atoms with Crippen molar-refractivity contribution in [3.05, 3.63) is 11.6 Å². The zero-order valence-corrected chi connectivity index (χ0v) is 7.43. The average Bonchev–Trinajstić information content (AvgIpc) is 2.27. The second-order valence-corrected chi connectivity index (χ2v) is 4.20. The third-order valence-electron chi connectivity index (χ3n) is 1.77. The Morgan fingerprint density at radius 1 is 1.45 bits per heavy atom. The van der Waals surface area contributed by atoms with Gasteiger partial charge in [-0.15, -0.1) is 0 Å². The van der Waals surface area contributed by atoms with Crippen LogP contribution in [0.4, 0.5) is 0 Å². The number of fused-ring (bicyclic) bond motifs is 1. The number of dihydropyridines is 1. The van der Waals surface area contributed by atoms with Gasteiger partial charge >= 0.3 is 0 Å². The summed E-state index contributed by atoms with van der Waals surface area (Å²) < 4.78 is 0. The number of allylic oxidation sites excluding steroid dienone is 1. The number of aliphatic imine (C=N–C) groups is 2. The van der Waals surface area contributed by atoms with Crippen LogP contribution in [0.5, 0.6) is 0 Å². The fraction of sp³-hybridized carbons (Fsp3) is 0.500. The van der Waals surface area contributed by atoms with Crippen LogP contribution in [0.3, 0.4) is 0 Å². The molecule has 0 aromatic rings. The Kier molecular flexibility index (Phi) is 1.60. The van der Waals surface area contributed by atoms with Gasteiger partial charge in [-0.2, -0.15) is 0 Å². The molecular weight excluding hydrogens is 156 g/mol. The first-order chi connectivity index (χ1) is 5.25. The molecular formula is C8H10N2S. The monoisotopic (exact) mass is 166 g/mol. The topological polar surface area (TPSA) is 24.7 Å². The van der Waals surface area contributed by atoms with Crippen LogP contribution >= 0.6 is 11.8 Å². The van der Waals surface area contributed by atoms with Crippen LogP contribution in [-0.2, 0) is 0 Å². The largest absolute Gasteiger partial charge is 0.265 e. The first kappa shape index (κ1) is 7.10. The fourth-order valence-corrected chi connectivity index (χ4v) is 2.38. The van der Waals surface area contributed by atoms with Crippen LogP contribution in [0.15, 0.2) is 21.6 Å². The van der Waals surface area contributed by atoms with E-state index in [2.05, 4.69) is 23.0 Å². The van der Waals surface area contributed by atoms with E-state index in [0.717, 1.165) is 5.04 Å². The number of hydrogen-bond acceptors (Lipinski definition) is 3. The highest BCUT2D eigenvalue weighted by atomic mass is 32.2. The summed E-state index contributed by atoms with van der Waals surface area (Å²) in [5.41, 5.74) is 1.25. The van der Waals surface area contributed by atoms with Crippen molar-refractivity contribution >= 4 is 23.0 Å². The minimum Gasteiger partial charge on any atom is -0.265 e. The highest BCUT2D eigenvalue weighted by Gasteiger charge is 2.27. The summed E-state index contributed by atoms with van der Waals surface area (Å²) >= 11 is 1.81. The SMILES string of the molecule is CC1=CC2SC(C)=NC2N=C1. The summed E-state index contributed by atoms with van der Waals surface area (Å²) in [5.74, 6) is 0. The molecule has 0 bridgehead atoms. The van der Waals surface area contributed by atoms with Crippen molar-refractivity contribution in [3.8, 4) is 0 Å². The van der Waals surface area contributed by atoms with E-state index < -0.39 is 0 Å². The summed E-state index contributed by atoms with van der Waals surface area (Å²) in [6.07, 6.45) is 4.32. The van der Waals surface area contributed by atoms with Gasteiger partial charge in [0.15, 0.2) is 6.17 Å². The van der Waals surface area contributed by atoms with E-state index in [1.165, 1.54) is 5.57 Å². The molecule has 2 unspecified atom stereocenters. The van der Waals surface area contributed by atoms with Crippen LogP contribution in [0.2, 0.25) is 0 Å². The maximum atomic E-state index is 4.38. The lowest BCUT2D eigenvalue weighted by molar-refractivity contribution is 0.746.